The van der Waals surface area contributed by atoms with E-state index in [9.17, 15) is 14.4 Å². The number of amides is 1. The SMILES string of the molecule is CC(=O)CNC(=O)c1c[nH]ccc1=O. The molecule has 1 rings (SSSR count). The fourth-order valence-electron chi connectivity index (χ4n) is 0.894. The number of hydrogen-bond acceptors (Lipinski definition) is 3. The number of Topliss-reactive ketones (excluding diaryl/α,β-unsaturated/α-hetero) is 1. The summed E-state index contributed by atoms with van der Waals surface area (Å²) in [5.41, 5.74) is -0.362. The molecule has 0 aliphatic carbocycles. The van der Waals surface area contributed by atoms with Crippen molar-refractivity contribution in [2.24, 2.45) is 0 Å². The Morgan fingerprint density at radius 1 is 1.50 bits per heavy atom. The van der Waals surface area contributed by atoms with E-state index in [1.807, 2.05) is 0 Å². The zero-order valence-corrected chi connectivity index (χ0v) is 7.66. The fraction of sp³-hybridized carbons (Fsp3) is 0.222. The number of aromatic amines is 1. The Balaban J connectivity index is 2.75. The summed E-state index contributed by atoms with van der Waals surface area (Å²) in [4.78, 5) is 35.6. The molecule has 74 valence electrons. The molecule has 0 aromatic carbocycles. The van der Waals surface area contributed by atoms with Gasteiger partial charge < -0.3 is 10.3 Å². The van der Waals surface area contributed by atoms with Gasteiger partial charge in [-0.1, -0.05) is 0 Å². The standard InChI is InChI=1S/C9H10N2O3/c1-6(12)4-11-9(14)7-5-10-3-2-8(7)13/h2-3,5H,4H2,1H3,(H,10,13)(H,11,14). The van der Waals surface area contributed by atoms with E-state index in [2.05, 4.69) is 10.3 Å². The highest BCUT2D eigenvalue weighted by atomic mass is 16.2. The van der Waals surface area contributed by atoms with Crippen LogP contribution < -0.4 is 10.7 Å². The molecule has 0 saturated heterocycles. The molecule has 0 bridgehead atoms. The second-order valence-electron chi connectivity index (χ2n) is 2.81. The number of carbonyl (C=O) groups excluding carboxylic acids is 2. The lowest BCUT2D eigenvalue weighted by atomic mass is 10.2. The van der Waals surface area contributed by atoms with Gasteiger partial charge >= 0.3 is 0 Å². The van der Waals surface area contributed by atoms with Gasteiger partial charge in [-0.3, -0.25) is 14.4 Å². The molecule has 5 nitrogen and oxygen atoms in total. The van der Waals surface area contributed by atoms with Crippen LogP contribution in [0.15, 0.2) is 23.3 Å². The number of H-pyrrole nitrogens is 1. The monoisotopic (exact) mass is 194 g/mol. The zero-order chi connectivity index (χ0) is 10.6. The molecule has 0 radical (unpaired) electrons. The third-order valence-electron chi connectivity index (χ3n) is 1.57. The number of rotatable bonds is 3. The lowest BCUT2D eigenvalue weighted by Crippen LogP contribution is -2.31. The number of ketones is 1. The van der Waals surface area contributed by atoms with Crippen molar-refractivity contribution in [3.63, 3.8) is 0 Å². The molecule has 1 amide bonds. The molecule has 5 heteroatoms. The lowest BCUT2D eigenvalue weighted by Gasteiger charge is -2.00. The van der Waals surface area contributed by atoms with Gasteiger partial charge in [-0.05, 0) is 6.92 Å². The highest BCUT2D eigenvalue weighted by molar-refractivity contribution is 5.95. The lowest BCUT2D eigenvalue weighted by molar-refractivity contribution is -0.116. The van der Waals surface area contributed by atoms with Gasteiger partial charge in [0, 0.05) is 18.5 Å². The number of hydrogen-bond donors (Lipinski definition) is 2. The Hall–Kier alpha value is -1.91. The summed E-state index contributed by atoms with van der Waals surface area (Å²) in [6, 6.07) is 1.25. The summed E-state index contributed by atoms with van der Waals surface area (Å²) in [5, 5.41) is 2.33. The van der Waals surface area contributed by atoms with E-state index in [4.69, 9.17) is 0 Å². The number of pyridine rings is 1. The van der Waals surface area contributed by atoms with E-state index in [-0.39, 0.29) is 23.3 Å². The normalized spacial score (nSPS) is 9.50. The number of aromatic nitrogens is 1. The minimum Gasteiger partial charge on any atom is -0.367 e. The van der Waals surface area contributed by atoms with Gasteiger partial charge in [0.25, 0.3) is 5.91 Å². The highest BCUT2D eigenvalue weighted by Crippen LogP contribution is 1.87. The van der Waals surface area contributed by atoms with Gasteiger partial charge in [-0.25, -0.2) is 0 Å². The van der Waals surface area contributed by atoms with E-state index in [0.29, 0.717) is 0 Å². The van der Waals surface area contributed by atoms with Crippen LogP contribution in [-0.4, -0.2) is 23.2 Å². The molecule has 1 aromatic rings. The van der Waals surface area contributed by atoms with Crippen molar-refractivity contribution in [1.29, 1.82) is 0 Å². The van der Waals surface area contributed by atoms with Crippen molar-refractivity contribution in [2.75, 3.05) is 6.54 Å². The summed E-state index contributed by atoms with van der Waals surface area (Å²) in [6.45, 7) is 1.29. The maximum absolute atomic E-state index is 11.3. The first-order valence-corrected chi connectivity index (χ1v) is 4.06. The van der Waals surface area contributed by atoms with Crippen LogP contribution >= 0.6 is 0 Å². The Morgan fingerprint density at radius 3 is 2.79 bits per heavy atom. The smallest absolute Gasteiger partial charge is 0.257 e. The third kappa shape index (κ3) is 2.55. The second kappa shape index (κ2) is 4.36. The molecular weight excluding hydrogens is 184 g/mol. The predicted molar refractivity (Wildman–Crippen MR) is 50.1 cm³/mol. The first-order chi connectivity index (χ1) is 6.61. The number of nitrogens with one attached hydrogen (secondary N) is 2. The Bertz CT molecular complexity index is 409. The van der Waals surface area contributed by atoms with Gasteiger partial charge in [0.2, 0.25) is 0 Å². The highest BCUT2D eigenvalue weighted by Gasteiger charge is 2.08. The molecule has 0 spiro atoms. The van der Waals surface area contributed by atoms with Crippen LogP contribution in [0.2, 0.25) is 0 Å². The molecule has 14 heavy (non-hydrogen) atoms. The Kier molecular flexibility index (Phi) is 3.17. The van der Waals surface area contributed by atoms with Gasteiger partial charge in [0.1, 0.15) is 11.3 Å². The van der Waals surface area contributed by atoms with E-state index in [0.717, 1.165) is 0 Å². The van der Waals surface area contributed by atoms with Crippen LogP contribution in [0.1, 0.15) is 17.3 Å². The maximum atomic E-state index is 11.3. The van der Waals surface area contributed by atoms with Crippen molar-refractivity contribution in [1.82, 2.24) is 10.3 Å². The van der Waals surface area contributed by atoms with Crippen molar-refractivity contribution in [2.45, 2.75) is 6.92 Å². The molecular formula is C9H10N2O3. The molecule has 0 unspecified atom stereocenters. The second-order valence-corrected chi connectivity index (χ2v) is 2.81. The van der Waals surface area contributed by atoms with Crippen LogP contribution in [-0.2, 0) is 4.79 Å². The predicted octanol–water partition coefficient (Wildman–Crippen LogP) is -0.306. The van der Waals surface area contributed by atoms with Crippen molar-refractivity contribution >= 4 is 11.7 Å². The third-order valence-corrected chi connectivity index (χ3v) is 1.57. The van der Waals surface area contributed by atoms with Crippen LogP contribution in [0.4, 0.5) is 0 Å². The van der Waals surface area contributed by atoms with E-state index in [1.165, 1.54) is 25.4 Å². The topological polar surface area (TPSA) is 79.0 Å². The fourth-order valence-corrected chi connectivity index (χ4v) is 0.894. The van der Waals surface area contributed by atoms with E-state index in [1.54, 1.807) is 0 Å². The Morgan fingerprint density at radius 2 is 2.21 bits per heavy atom. The average Bonchev–Trinajstić information content (AvgIpc) is 2.15. The quantitative estimate of drug-likeness (QED) is 0.693. The molecule has 0 aliphatic heterocycles. The van der Waals surface area contributed by atoms with Crippen molar-refractivity contribution in [3.05, 3.63) is 34.2 Å². The minimum atomic E-state index is -0.540. The molecule has 0 aliphatic rings. The van der Waals surface area contributed by atoms with Crippen LogP contribution in [0.25, 0.3) is 0 Å². The van der Waals surface area contributed by atoms with Crippen LogP contribution in [0, 0.1) is 0 Å². The zero-order valence-electron chi connectivity index (χ0n) is 7.66. The largest absolute Gasteiger partial charge is 0.367 e. The van der Waals surface area contributed by atoms with Gasteiger partial charge in [-0.15, -0.1) is 0 Å². The van der Waals surface area contributed by atoms with Crippen LogP contribution in [0.3, 0.4) is 0 Å². The van der Waals surface area contributed by atoms with Crippen LogP contribution in [0.5, 0.6) is 0 Å². The van der Waals surface area contributed by atoms with Crippen molar-refractivity contribution in [3.8, 4) is 0 Å². The molecule has 2 N–H and O–H groups in total. The summed E-state index contributed by atoms with van der Waals surface area (Å²) in [6.07, 6.45) is 2.74. The summed E-state index contributed by atoms with van der Waals surface area (Å²) in [5.74, 6) is -0.701. The Labute approximate surface area is 80.1 Å². The molecule has 0 fully saturated rings. The average molecular weight is 194 g/mol. The molecule has 1 aromatic heterocycles. The number of carbonyl (C=O) groups is 2. The van der Waals surface area contributed by atoms with Crippen molar-refractivity contribution < 1.29 is 9.59 Å². The summed E-state index contributed by atoms with van der Waals surface area (Å²) in [7, 11) is 0. The van der Waals surface area contributed by atoms with E-state index < -0.39 is 5.91 Å². The maximum Gasteiger partial charge on any atom is 0.257 e. The van der Waals surface area contributed by atoms with Gasteiger partial charge in [-0.2, -0.15) is 0 Å². The minimum absolute atomic E-state index is 0.00810. The van der Waals surface area contributed by atoms with Gasteiger partial charge in [0.05, 0.1) is 6.54 Å². The first-order valence-electron chi connectivity index (χ1n) is 4.06. The van der Waals surface area contributed by atoms with Gasteiger partial charge in [0.15, 0.2) is 5.43 Å². The first kappa shape index (κ1) is 10.2. The summed E-state index contributed by atoms with van der Waals surface area (Å²) < 4.78 is 0. The molecule has 1 heterocycles. The summed E-state index contributed by atoms with van der Waals surface area (Å²) >= 11 is 0. The van der Waals surface area contributed by atoms with E-state index >= 15 is 0 Å². The molecule has 0 atom stereocenters. The molecule has 0 saturated carbocycles.